The van der Waals surface area contributed by atoms with Gasteiger partial charge in [0.1, 0.15) is 17.0 Å². The molecule has 0 saturated heterocycles. The zero-order valence-electron chi connectivity index (χ0n) is 14.5. The lowest BCUT2D eigenvalue weighted by Crippen LogP contribution is -2.25. The van der Waals surface area contributed by atoms with Crippen LogP contribution in [-0.4, -0.2) is 31.7 Å². The minimum absolute atomic E-state index is 0.149. The van der Waals surface area contributed by atoms with E-state index in [0.717, 1.165) is 17.1 Å². The van der Waals surface area contributed by atoms with E-state index < -0.39 is 0 Å². The number of oxazole rings is 1. The number of hydrogen-bond donors (Lipinski definition) is 1. The van der Waals surface area contributed by atoms with Gasteiger partial charge in [-0.15, -0.1) is 0 Å². The third-order valence-electron chi connectivity index (χ3n) is 3.92. The quantitative estimate of drug-likeness (QED) is 0.746. The van der Waals surface area contributed by atoms with Crippen LogP contribution in [0.15, 0.2) is 40.8 Å². The largest absolute Gasteiger partial charge is 0.497 e. The molecule has 6 nitrogen and oxygen atoms in total. The van der Waals surface area contributed by atoms with Crippen molar-refractivity contribution >= 4 is 17.0 Å². The maximum atomic E-state index is 12.3. The molecule has 0 aliphatic rings. The minimum atomic E-state index is -0.149. The van der Waals surface area contributed by atoms with Gasteiger partial charge in [0, 0.05) is 19.0 Å². The molecule has 0 unspecified atom stereocenters. The number of amides is 1. The maximum Gasteiger partial charge on any atom is 0.251 e. The van der Waals surface area contributed by atoms with Gasteiger partial charge >= 0.3 is 0 Å². The molecule has 3 rings (SSSR count). The Morgan fingerprint density at radius 2 is 2.00 bits per heavy atom. The number of carbonyl (C=O) groups is 1. The Kier molecular flexibility index (Phi) is 4.88. The van der Waals surface area contributed by atoms with Gasteiger partial charge in [-0.25, -0.2) is 4.98 Å². The Morgan fingerprint density at radius 3 is 2.76 bits per heavy atom. The smallest absolute Gasteiger partial charge is 0.251 e. The summed E-state index contributed by atoms with van der Waals surface area (Å²) < 4.78 is 16.0. The summed E-state index contributed by atoms with van der Waals surface area (Å²) in [4.78, 5) is 16.6. The topological polar surface area (TPSA) is 73.6 Å². The normalized spacial score (nSPS) is 10.7. The first kappa shape index (κ1) is 16.8. The SMILES string of the molecule is COc1ccc(OC)c(CCNC(=O)c2ccc3oc(C)nc3c2)c1. The molecule has 1 heterocycles. The molecule has 0 aliphatic carbocycles. The van der Waals surface area contributed by atoms with Crippen LogP contribution in [0.4, 0.5) is 0 Å². The molecule has 3 aromatic rings. The van der Waals surface area contributed by atoms with Crippen LogP contribution < -0.4 is 14.8 Å². The summed E-state index contributed by atoms with van der Waals surface area (Å²) in [5.41, 5.74) is 2.89. The molecule has 1 aromatic heterocycles. The van der Waals surface area contributed by atoms with E-state index in [0.29, 0.717) is 35.5 Å². The lowest BCUT2D eigenvalue weighted by atomic mass is 10.1. The van der Waals surface area contributed by atoms with Crippen molar-refractivity contribution < 1.29 is 18.7 Å². The van der Waals surface area contributed by atoms with Crippen molar-refractivity contribution in [2.45, 2.75) is 13.3 Å². The number of carbonyl (C=O) groups excluding carboxylic acids is 1. The fourth-order valence-corrected chi connectivity index (χ4v) is 2.67. The standard InChI is InChI=1S/C19H20N2O4/c1-12-21-16-11-14(4-6-18(16)25-12)19(22)20-9-8-13-10-15(23-2)5-7-17(13)24-3/h4-7,10-11H,8-9H2,1-3H3,(H,20,22). The van der Waals surface area contributed by atoms with Crippen molar-refractivity contribution in [3.05, 3.63) is 53.4 Å². The first-order chi connectivity index (χ1) is 12.1. The van der Waals surface area contributed by atoms with Crippen LogP contribution >= 0.6 is 0 Å². The average molecular weight is 340 g/mol. The zero-order chi connectivity index (χ0) is 17.8. The lowest BCUT2D eigenvalue weighted by Gasteiger charge is -2.11. The summed E-state index contributed by atoms with van der Waals surface area (Å²) in [6.45, 7) is 2.26. The summed E-state index contributed by atoms with van der Waals surface area (Å²) in [5.74, 6) is 1.96. The molecule has 0 fully saturated rings. The highest BCUT2D eigenvalue weighted by molar-refractivity contribution is 5.97. The second kappa shape index (κ2) is 7.25. The predicted octanol–water partition coefficient (Wildman–Crippen LogP) is 3.13. The van der Waals surface area contributed by atoms with Crippen LogP contribution in [0.5, 0.6) is 11.5 Å². The number of nitrogens with one attached hydrogen (secondary N) is 1. The molecule has 1 amide bonds. The summed E-state index contributed by atoms with van der Waals surface area (Å²) in [6.07, 6.45) is 0.636. The zero-order valence-corrected chi connectivity index (χ0v) is 14.5. The van der Waals surface area contributed by atoms with E-state index in [9.17, 15) is 4.79 Å². The molecule has 1 N–H and O–H groups in total. The van der Waals surface area contributed by atoms with Gasteiger partial charge in [0.15, 0.2) is 11.5 Å². The van der Waals surface area contributed by atoms with Crippen molar-refractivity contribution in [2.24, 2.45) is 0 Å². The summed E-state index contributed by atoms with van der Waals surface area (Å²) in [5, 5.41) is 2.91. The number of rotatable bonds is 6. The average Bonchev–Trinajstić information content (AvgIpc) is 3.00. The van der Waals surface area contributed by atoms with Crippen LogP contribution in [-0.2, 0) is 6.42 Å². The van der Waals surface area contributed by atoms with Gasteiger partial charge in [-0.3, -0.25) is 4.79 Å². The fraction of sp³-hybridized carbons (Fsp3) is 0.263. The first-order valence-electron chi connectivity index (χ1n) is 7.97. The first-order valence-corrected chi connectivity index (χ1v) is 7.97. The van der Waals surface area contributed by atoms with Crippen LogP contribution in [0, 0.1) is 6.92 Å². The van der Waals surface area contributed by atoms with Crippen LogP contribution in [0.2, 0.25) is 0 Å². The summed E-state index contributed by atoms with van der Waals surface area (Å²) in [6, 6.07) is 10.8. The van der Waals surface area contributed by atoms with Gasteiger partial charge in [0.2, 0.25) is 0 Å². The van der Waals surface area contributed by atoms with Crippen molar-refractivity contribution in [1.29, 1.82) is 0 Å². The van der Waals surface area contributed by atoms with Gasteiger partial charge in [-0.1, -0.05) is 0 Å². The van der Waals surface area contributed by atoms with Crippen LogP contribution in [0.1, 0.15) is 21.8 Å². The molecule has 6 heteroatoms. The Labute approximate surface area is 145 Å². The Hall–Kier alpha value is -3.02. The molecular formula is C19H20N2O4. The molecular weight excluding hydrogens is 320 g/mol. The number of hydrogen-bond acceptors (Lipinski definition) is 5. The molecule has 130 valence electrons. The van der Waals surface area contributed by atoms with Crippen LogP contribution in [0.3, 0.4) is 0 Å². The molecule has 0 spiro atoms. The number of methoxy groups -OCH3 is 2. The highest BCUT2D eigenvalue weighted by Crippen LogP contribution is 2.24. The van der Waals surface area contributed by atoms with Crippen LogP contribution in [0.25, 0.3) is 11.1 Å². The number of benzene rings is 2. The summed E-state index contributed by atoms with van der Waals surface area (Å²) >= 11 is 0. The third kappa shape index (κ3) is 3.74. The van der Waals surface area contributed by atoms with Crippen molar-refractivity contribution in [2.75, 3.05) is 20.8 Å². The van der Waals surface area contributed by atoms with E-state index in [1.807, 2.05) is 18.2 Å². The number of aryl methyl sites for hydroxylation is 1. The number of fused-ring (bicyclic) bond motifs is 1. The molecule has 0 atom stereocenters. The maximum absolute atomic E-state index is 12.3. The fourth-order valence-electron chi connectivity index (χ4n) is 2.67. The molecule has 25 heavy (non-hydrogen) atoms. The van der Waals surface area contributed by atoms with E-state index in [4.69, 9.17) is 13.9 Å². The number of aromatic nitrogens is 1. The van der Waals surface area contributed by atoms with Gasteiger partial charge in [0.25, 0.3) is 5.91 Å². The third-order valence-corrected chi connectivity index (χ3v) is 3.92. The van der Waals surface area contributed by atoms with Crippen molar-refractivity contribution in [1.82, 2.24) is 10.3 Å². The predicted molar refractivity (Wildman–Crippen MR) is 94.3 cm³/mol. The Bertz CT molecular complexity index is 902. The van der Waals surface area contributed by atoms with Crippen molar-refractivity contribution in [3.63, 3.8) is 0 Å². The van der Waals surface area contributed by atoms with Crippen molar-refractivity contribution in [3.8, 4) is 11.5 Å². The Morgan fingerprint density at radius 1 is 1.16 bits per heavy atom. The van der Waals surface area contributed by atoms with E-state index in [2.05, 4.69) is 10.3 Å². The monoisotopic (exact) mass is 340 g/mol. The molecule has 0 aliphatic heterocycles. The minimum Gasteiger partial charge on any atom is -0.497 e. The van der Waals surface area contributed by atoms with E-state index in [-0.39, 0.29) is 5.91 Å². The van der Waals surface area contributed by atoms with Gasteiger partial charge in [-0.05, 0) is 48.4 Å². The van der Waals surface area contributed by atoms with Gasteiger partial charge < -0.3 is 19.2 Å². The Balaban J connectivity index is 1.65. The molecule has 2 aromatic carbocycles. The van der Waals surface area contributed by atoms with E-state index in [1.54, 1.807) is 39.3 Å². The summed E-state index contributed by atoms with van der Waals surface area (Å²) in [7, 11) is 3.24. The van der Waals surface area contributed by atoms with E-state index >= 15 is 0 Å². The van der Waals surface area contributed by atoms with Gasteiger partial charge in [0.05, 0.1) is 14.2 Å². The molecule has 0 radical (unpaired) electrons. The number of nitrogens with zero attached hydrogens (tertiary/aromatic N) is 1. The number of ether oxygens (including phenoxy) is 2. The second-order valence-corrected chi connectivity index (χ2v) is 5.60. The highest BCUT2D eigenvalue weighted by atomic mass is 16.5. The van der Waals surface area contributed by atoms with E-state index in [1.165, 1.54) is 0 Å². The highest BCUT2D eigenvalue weighted by Gasteiger charge is 2.10. The molecule has 0 bridgehead atoms. The second-order valence-electron chi connectivity index (χ2n) is 5.60. The lowest BCUT2D eigenvalue weighted by molar-refractivity contribution is 0.0954. The van der Waals surface area contributed by atoms with Gasteiger partial charge in [-0.2, -0.15) is 0 Å². The molecule has 0 saturated carbocycles.